The maximum Gasteiger partial charge on any atom is 0.264 e. The number of imidazole rings is 1. The second-order valence-corrected chi connectivity index (χ2v) is 8.35. The standard InChI is InChI=1S/C28H20N4O/c1-2-30-23-11-5-7-13-25(23)31(26-14-8-6-12-24(26)30)18-15-16-19-20(17-18)27-29-21-9-3-4-10-22(21)32(27)28(19)33/h3-17H,2H2,1H3. The van der Waals surface area contributed by atoms with E-state index in [1.54, 1.807) is 4.57 Å². The number of carbonyl (C=O) groups excluding carboxylic acids is 1. The average Bonchev–Trinajstić information content (AvgIpc) is 3.37. The molecule has 0 saturated heterocycles. The van der Waals surface area contributed by atoms with Gasteiger partial charge in [0.05, 0.1) is 39.3 Å². The van der Waals surface area contributed by atoms with Crippen molar-refractivity contribution in [3.8, 4) is 11.4 Å². The van der Waals surface area contributed by atoms with Gasteiger partial charge in [-0.1, -0.05) is 36.4 Å². The minimum absolute atomic E-state index is 0.0168. The lowest BCUT2D eigenvalue weighted by Gasteiger charge is -2.40. The van der Waals surface area contributed by atoms with E-state index in [0.717, 1.165) is 40.2 Å². The summed E-state index contributed by atoms with van der Waals surface area (Å²) in [5.74, 6) is 0.698. The molecule has 0 spiro atoms. The average molecular weight is 428 g/mol. The monoisotopic (exact) mass is 428 g/mol. The lowest BCUT2D eigenvalue weighted by Crippen LogP contribution is -2.26. The molecule has 5 heteroatoms. The number of carbonyl (C=O) groups is 1. The van der Waals surface area contributed by atoms with E-state index >= 15 is 0 Å². The lowest BCUT2D eigenvalue weighted by atomic mass is 10.0. The van der Waals surface area contributed by atoms with Gasteiger partial charge in [-0.05, 0) is 61.5 Å². The van der Waals surface area contributed by atoms with Crippen molar-refractivity contribution in [3.63, 3.8) is 0 Å². The zero-order valence-corrected chi connectivity index (χ0v) is 18.1. The van der Waals surface area contributed by atoms with Gasteiger partial charge >= 0.3 is 0 Å². The summed E-state index contributed by atoms with van der Waals surface area (Å²) in [5.41, 5.74) is 8.85. The minimum Gasteiger partial charge on any atom is -0.338 e. The van der Waals surface area contributed by atoms with Gasteiger partial charge in [0.2, 0.25) is 0 Å². The van der Waals surface area contributed by atoms with E-state index in [1.807, 2.05) is 36.4 Å². The highest BCUT2D eigenvalue weighted by atomic mass is 16.2. The van der Waals surface area contributed by atoms with Gasteiger partial charge in [0.1, 0.15) is 5.82 Å². The molecule has 33 heavy (non-hydrogen) atoms. The number of anilines is 5. The third kappa shape index (κ3) is 2.36. The maximum absolute atomic E-state index is 13.2. The molecule has 0 N–H and O–H groups in total. The van der Waals surface area contributed by atoms with Crippen molar-refractivity contribution < 1.29 is 4.79 Å². The molecule has 2 aliphatic heterocycles. The van der Waals surface area contributed by atoms with Gasteiger partial charge in [0.25, 0.3) is 5.91 Å². The number of hydrogen-bond donors (Lipinski definition) is 0. The topological polar surface area (TPSA) is 41.4 Å². The SMILES string of the molecule is CCN1c2ccccc2N(c2ccc3c(c2)-c2nc4ccccc4n2C3=O)c2ccccc21. The molecular formula is C28H20N4O. The Kier molecular flexibility index (Phi) is 3.62. The molecule has 158 valence electrons. The van der Waals surface area contributed by atoms with Crippen LogP contribution in [0.5, 0.6) is 0 Å². The molecule has 2 aliphatic rings. The summed E-state index contributed by atoms with van der Waals surface area (Å²) in [4.78, 5) is 22.7. The Morgan fingerprint density at radius 1 is 0.727 bits per heavy atom. The third-order valence-corrected chi connectivity index (χ3v) is 6.64. The van der Waals surface area contributed by atoms with E-state index in [2.05, 4.69) is 71.3 Å². The van der Waals surface area contributed by atoms with Crippen molar-refractivity contribution in [2.75, 3.05) is 16.3 Å². The second-order valence-electron chi connectivity index (χ2n) is 8.35. The zero-order chi connectivity index (χ0) is 22.1. The third-order valence-electron chi connectivity index (χ3n) is 6.64. The van der Waals surface area contributed by atoms with Crippen molar-refractivity contribution in [3.05, 3.63) is 96.6 Å². The van der Waals surface area contributed by atoms with Crippen LogP contribution in [0.1, 0.15) is 17.3 Å². The van der Waals surface area contributed by atoms with E-state index in [-0.39, 0.29) is 5.91 Å². The van der Waals surface area contributed by atoms with Crippen LogP contribution in [0, 0.1) is 0 Å². The van der Waals surface area contributed by atoms with Crippen LogP contribution in [0.25, 0.3) is 22.4 Å². The fraction of sp³-hybridized carbons (Fsp3) is 0.0714. The summed E-state index contributed by atoms with van der Waals surface area (Å²) >= 11 is 0. The molecule has 4 aromatic carbocycles. The molecule has 3 heterocycles. The molecule has 0 unspecified atom stereocenters. The molecule has 0 fully saturated rings. The fourth-order valence-electron chi connectivity index (χ4n) is 5.22. The van der Waals surface area contributed by atoms with Crippen molar-refractivity contribution in [2.24, 2.45) is 0 Å². The van der Waals surface area contributed by atoms with Crippen LogP contribution >= 0.6 is 0 Å². The first kappa shape index (κ1) is 18.2. The Bertz CT molecular complexity index is 1550. The largest absolute Gasteiger partial charge is 0.338 e. The first-order valence-electron chi connectivity index (χ1n) is 11.2. The van der Waals surface area contributed by atoms with Gasteiger partial charge in [-0.25, -0.2) is 4.98 Å². The number of aromatic nitrogens is 2. The molecule has 5 nitrogen and oxygen atoms in total. The maximum atomic E-state index is 13.2. The summed E-state index contributed by atoms with van der Waals surface area (Å²) in [6.07, 6.45) is 0. The lowest BCUT2D eigenvalue weighted by molar-refractivity contribution is 0.0973. The number of benzene rings is 4. The summed E-state index contributed by atoms with van der Waals surface area (Å²) in [6, 6.07) is 30.8. The van der Waals surface area contributed by atoms with E-state index in [4.69, 9.17) is 4.98 Å². The first-order chi connectivity index (χ1) is 16.3. The molecular weight excluding hydrogens is 408 g/mol. The van der Waals surface area contributed by atoms with E-state index in [0.29, 0.717) is 11.4 Å². The smallest absolute Gasteiger partial charge is 0.264 e. The van der Waals surface area contributed by atoms with E-state index in [9.17, 15) is 4.79 Å². The molecule has 0 bridgehead atoms. The van der Waals surface area contributed by atoms with Crippen LogP contribution in [0.4, 0.5) is 28.4 Å². The molecule has 0 aliphatic carbocycles. The van der Waals surface area contributed by atoms with Crippen LogP contribution in [0.3, 0.4) is 0 Å². The van der Waals surface area contributed by atoms with Crippen molar-refractivity contribution >= 4 is 45.4 Å². The van der Waals surface area contributed by atoms with Gasteiger partial charge < -0.3 is 9.80 Å². The van der Waals surface area contributed by atoms with Crippen molar-refractivity contribution in [1.29, 1.82) is 0 Å². The second kappa shape index (κ2) is 6.56. The Morgan fingerprint density at radius 2 is 1.36 bits per heavy atom. The summed E-state index contributed by atoms with van der Waals surface area (Å²) < 4.78 is 1.74. The normalized spacial score (nSPS) is 13.7. The van der Waals surface area contributed by atoms with Gasteiger partial charge in [0.15, 0.2) is 0 Å². The molecule has 5 aromatic rings. The molecule has 0 saturated carbocycles. The summed E-state index contributed by atoms with van der Waals surface area (Å²) in [6.45, 7) is 3.05. The molecule has 0 amide bonds. The summed E-state index contributed by atoms with van der Waals surface area (Å²) in [5, 5.41) is 0. The number of nitrogens with zero attached hydrogens (tertiary/aromatic N) is 4. The van der Waals surface area contributed by atoms with Gasteiger partial charge in [0, 0.05) is 17.8 Å². The van der Waals surface area contributed by atoms with Gasteiger partial charge in [-0.2, -0.15) is 0 Å². The minimum atomic E-state index is -0.0168. The first-order valence-corrected chi connectivity index (χ1v) is 11.2. The van der Waals surface area contributed by atoms with Crippen LogP contribution in [-0.2, 0) is 0 Å². The number of fused-ring (bicyclic) bond motifs is 7. The predicted octanol–water partition coefficient (Wildman–Crippen LogP) is 6.65. The Balaban J connectivity index is 1.47. The number of para-hydroxylation sites is 6. The molecule has 0 radical (unpaired) electrons. The Hall–Kier alpha value is -4.38. The predicted molar refractivity (Wildman–Crippen MR) is 132 cm³/mol. The molecule has 1 aromatic heterocycles. The van der Waals surface area contributed by atoms with Crippen LogP contribution in [0.15, 0.2) is 91.0 Å². The van der Waals surface area contributed by atoms with E-state index < -0.39 is 0 Å². The van der Waals surface area contributed by atoms with Gasteiger partial charge in [-0.3, -0.25) is 9.36 Å². The molecule has 7 rings (SSSR count). The van der Waals surface area contributed by atoms with Crippen LogP contribution < -0.4 is 9.80 Å². The quantitative estimate of drug-likeness (QED) is 0.310. The van der Waals surface area contributed by atoms with Crippen molar-refractivity contribution in [1.82, 2.24) is 9.55 Å². The van der Waals surface area contributed by atoms with Crippen LogP contribution in [0.2, 0.25) is 0 Å². The summed E-state index contributed by atoms with van der Waals surface area (Å²) in [7, 11) is 0. The highest BCUT2D eigenvalue weighted by Gasteiger charge is 2.33. The fourth-order valence-corrected chi connectivity index (χ4v) is 5.22. The zero-order valence-electron chi connectivity index (χ0n) is 18.1. The molecule has 0 atom stereocenters. The number of rotatable bonds is 2. The Labute approximate surface area is 191 Å². The van der Waals surface area contributed by atoms with E-state index in [1.165, 1.54) is 11.4 Å². The highest BCUT2D eigenvalue weighted by Crippen LogP contribution is 2.51. The Morgan fingerprint density at radius 3 is 2.06 bits per heavy atom. The number of hydrogen-bond acceptors (Lipinski definition) is 4. The van der Waals surface area contributed by atoms with Gasteiger partial charge in [-0.15, -0.1) is 0 Å². The van der Waals surface area contributed by atoms with Crippen LogP contribution in [-0.4, -0.2) is 22.0 Å². The highest BCUT2D eigenvalue weighted by molar-refractivity contribution is 6.13. The van der Waals surface area contributed by atoms with Crippen molar-refractivity contribution in [2.45, 2.75) is 6.92 Å².